The fourth-order valence-corrected chi connectivity index (χ4v) is 2.43. The molecule has 0 unspecified atom stereocenters. The van der Waals surface area contributed by atoms with E-state index < -0.39 is 0 Å². The summed E-state index contributed by atoms with van der Waals surface area (Å²) in [7, 11) is 0. The average molecular weight is 155 g/mol. The van der Waals surface area contributed by atoms with Crippen molar-refractivity contribution in [1.29, 1.82) is 0 Å². The van der Waals surface area contributed by atoms with Crippen molar-refractivity contribution in [2.24, 2.45) is 5.41 Å². The van der Waals surface area contributed by atoms with Crippen LogP contribution in [0, 0.1) is 5.41 Å². The normalized spacial score (nSPS) is 27.2. The summed E-state index contributed by atoms with van der Waals surface area (Å²) >= 11 is 0. The van der Waals surface area contributed by atoms with Crippen molar-refractivity contribution in [3.63, 3.8) is 0 Å². The molecule has 1 saturated heterocycles. The molecule has 0 aromatic carbocycles. The minimum atomic E-state index is 0. The Morgan fingerprint density at radius 1 is 1.36 bits per heavy atom. The predicted octanol–water partition coefficient (Wildman–Crippen LogP) is 1.65. The lowest BCUT2D eigenvalue weighted by Crippen LogP contribution is -2.56. The summed E-state index contributed by atoms with van der Waals surface area (Å²) in [6.07, 6.45) is 5.48. The molecule has 1 aliphatic carbocycles. The first-order valence-corrected chi connectivity index (χ1v) is 4.47. The molecule has 1 saturated carbocycles. The maximum absolute atomic E-state index is 10.9. The summed E-state index contributed by atoms with van der Waals surface area (Å²) in [5, 5.41) is 0. The maximum atomic E-state index is 10.9. The summed E-state index contributed by atoms with van der Waals surface area (Å²) in [5.74, 6) is 0.252. The van der Waals surface area contributed by atoms with Crippen LogP contribution in [0.4, 0.5) is 0 Å². The average Bonchev–Trinajstić information content (AvgIpc) is 2.29. The largest absolute Gasteiger partial charge is 0.342 e. The van der Waals surface area contributed by atoms with Crippen molar-refractivity contribution in [3.8, 4) is 0 Å². The lowest BCUT2D eigenvalue weighted by atomic mass is 9.78. The Hall–Kier alpha value is -0.530. The topological polar surface area (TPSA) is 20.3 Å². The van der Waals surface area contributed by atoms with Gasteiger partial charge in [0.1, 0.15) is 0 Å². The summed E-state index contributed by atoms with van der Waals surface area (Å²) < 4.78 is 0. The zero-order chi connectivity index (χ0) is 7.90. The van der Waals surface area contributed by atoms with E-state index >= 15 is 0 Å². The fraction of sp³-hybridized carbons (Fsp3) is 0.889. The van der Waals surface area contributed by atoms with Gasteiger partial charge in [-0.1, -0.05) is 12.8 Å². The second kappa shape index (κ2) is 2.23. The molecule has 1 aliphatic heterocycles. The zero-order valence-electron chi connectivity index (χ0n) is 7.10. The Labute approximate surface area is 69.1 Å². The highest BCUT2D eigenvalue weighted by atomic mass is 16.2. The molecule has 64 valence electrons. The van der Waals surface area contributed by atoms with E-state index in [4.69, 9.17) is 0 Å². The monoisotopic (exact) mass is 155 g/mol. The lowest BCUT2D eigenvalue weighted by molar-refractivity contribution is -0.140. The highest BCUT2D eigenvalue weighted by molar-refractivity contribution is 5.74. The first-order valence-electron chi connectivity index (χ1n) is 4.47. The molecule has 2 aliphatic rings. The van der Waals surface area contributed by atoms with Crippen LogP contribution in [0.3, 0.4) is 0 Å². The van der Waals surface area contributed by atoms with E-state index in [1.165, 1.54) is 25.7 Å². The molecule has 2 rings (SSSR count). The van der Waals surface area contributed by atoms with Crippen LogP contribution in [0.15, 0.2) is 0 Å². The number of rotatable bonds is 0. The number of nitrogens with zero attached hydrogens (tertiary/aromatic N) is 1. The van der Waals surface area contributed by atoms with Crippen molar-refractivity contribution < 1.29 is 6.22 Å². The van der Waals surface area contributed by atoms with Crippen LogP contribution < -0.4 is 0 Å². The van der Waals surface area contributed by atoms with Crippen molar-refractivity contribution in [2.45, 2.75) is 32.6 Å². The van der Waals surface area contributed by atoms with Crippen molar-refractivity contribution in [1.82, 2.24) is 4.90 Å². The van der Waals surface area contributed by atoms with Gasteiger partial charge in [-0.3, -0.25) is 4.79 Å². The molecule has 1 spiro atoms. The molecule has 0 radical (unpaired) electrons. The summed E-state index contributed by atoms with van der Waals surface area (Å²) in [4.78, 5) is 12.9. The van der Waals surface area contributed by atoms with Crippen molar-refractivity contribution >= 4 is 5.91 Å². The molecule has 2 nitrogen and oxygen atoms in total. The number of likely N-dealkylation sites (tertiary alicyclic amines) is 1. The Morgan fingerprint density at radius 3 is 2.36 bits per heavy atom. The molecular weight excluding hydrogens is 138 g/mol. The van der Waals surface area contributed by atoms with Crippen LogP contribution in [0.25, 0.3) is 0 Å². The van der Waals surface area contributed by atoms with Gasteiger partial charge in [-0.2, -0.15) is 0 Å². The van der Waals surface area contributed by atoms with E-state index in [0.717, 1.165) is 13.1 Å². The Bertz CT molecular complexity index is 179. The van der Waals surface area contributed by atoms with Crippen LogP contribution in [0.2, 0.25) is 0 Å². The molecule has 0 aromatic heterocycles. The SMILES string of the molecule is CC(=O)N1CC2(CCCC2)C1.[HH]. The molecule has 2 fully saturated rings. The van der Waals surface area contributed by atoms with Gasteiger partial charge < -0.3 is 4.90 Å². The van der Waals surface area contributed by atoms with Crippen molar-refractivity contribution in [3.05, 3.63) is 0 Å². The van der Waals surface area contributed by atoms with Gasteiger partial charge in [0.05, 0.1) is 0 Å². The molecule has 1 heterocycles. The van der Waals surface area contributed by atoms with Gasteiger partial charge in [0.15, 0.2) is 0 Å². The zero-order valence-corrected chi connectivity index (χ0v) is 7.10. The van der Waals surface area contributed by atoms with Gasteiger partial charge in [-0.15, -0.1) is 0 Å². The minimum Gasteiger partial charge on any atom is -0.342 e. The number of carbonyl (C=O) groups is 1. The van der Waals surface area contributed by atoms with Crippen LogP contribution in [-0.4, -0.2) is 23.9 Å². The third-order valence-corrected chi connectivity index (χ3v) is 3.16. The third-order valence-electron chi connectivity index (χ3n) is 3.16. The van der Waals surface area contributed by atoms with Gasteiger partial charge in [0, 0.05) is 26.9 Å². The molecule has 0 bridgehead atoms. The number of hydrogen-bond donors (Lipinski definition) is 0. The Balaban J connectivity index is 0.000000720. The second-order valence-electron chi connectivity index (χ2n) is 4.08. The minimum absolute atomic E-state index is 0. The standard InChI is InChI=1S/C9H15NO.H2/c1-8(11)10-6-9(7-10)4-2-3-5-9;/h2-7H2,1H3;1H. The molecule has 1 amide bonds. The molecule has 0 atom stereocenters. The van der Waals surface area contributed by atoms with Gasteiger partial charge >= 0.3 is 0 Å². The maximum Gasteiger partial charge on any atom is 0.219 e. The van der Waals surface area contributed by atoms with Crippen molar-refractivity contribution in [2.75, 3.05) is 13.1 Å². The van der Waals surface area contributed by atoms with Gasteiger partial charge in [-0.25, -0.2) is 0 Å². The van der Waals surface area contributed by atoms with E-state index in [-0.39, 0.29) is 7.33 Å². The lowest BCUT2D eigenvalue weighted by Gasteiger charge is -2.47. The van der Waals surface area contributed by atoms with E-state index in [1.54, 1.807) is 6.92 Å². The van der Waals surface area contributed by atoms with E-state index in [1.807, 2.05) is 4.90 Å². The predicted molar refractivity (Wildman–Crippen MR) is 45.3 cm³/mol. The first-order chi connectivity index (χ1) is 5.22. The highest BCUT2D eigenvalue weighted by Crippen LogP contribution is 2.45. The second-order valence-corrected chi connectivity index (χ2v) is 4.08. The van der Waals surface area contributed by atoms with Gasteiger partial charge in [-0.05, 0) is 12.8 Å². The number of amides is 1. The molecule has 0 aromatic rings. The quantitative estimate of drug-likeness (QED) is 0.521. The molecule has 0 N–H and O–H groups in total. The summed E-state index contributed by atoms with van der Waals surface area (Å²) in [5.41, 5.74) is 0.575. The van der Waals surface area contributed by atoms with Crippen LogP contribution in [0.1, 0.15) is 34.0 Å². The van der Waals surface area contributed by atoms with E-state index in [9.17, 15) is 4.79 Å². The number of carbonyl (C=O) groups excluding carboxylic acids is 1. The van der Waals surface area contributed by atoms with Crippen LogP contribution in [0.5, 0.6) is 0 Å². The number of hydrogen-bond acceptors (Lipinski definition) is 1. The Kier molecular flexibility index (Phi) is 1.44. The highest BCUT2D eigenvalue weighted by Gasteiger charge is 2.45. The van der Waals surface area contributed by atoms with E-state index in [0.29, 0.717) is 5.41 Å². The summed E-state index contributed by atoms with van der Waals surface area (Å²) in [6, 6.07) is 0. The van der Waals surface area contributed by atoms with Crippen LogP contribution in [-0.2, 0) is 4.79 Å². The summed E-state index contributed by atoms with van der Waals surface area (Å²) in [6.45, 7) is 3.76. The molecule has 11 heavy (non-hydrogen) atoms. The van der Waals surface area contributed by atoms with Gasteiger partial charge in [0.25, 0.3) is 0 Å². The fourth-order valence-electron chi connectivity index (χ4n) is 2.43. The van der Waals surface area contributed by atoms with Gasteiger partial charge in [0.2, 0.25) is 5.91 Å². The smallest absolute Gasteiger partial charge is 0.219 e. The first kappa shape index (κ1) is 7.14. The van der Waals surface area contributed by atoms with E-state index in [2.05, 4.69) is 0 Å². The molecular formula is C9H17NO. The Morgan fingerprint density at radius 2 is 1.91 bits per heavy atom. The third kappa shape index (κ3) is 1.05. The molecule has 2 heteroatoms. The van der Waals surface area contributed by atoms with Crippen LogP contribution >= 0.6 is 0 Å².